The second kappa shape index (κ2) is 9.69. The zero-order chi connectivity index (χ0) is 22.5. The third-order valence-electron chi connectivity index (χ3n) is 4.62. The number of halogens is 1. The molecular weight excluding hydrogens is 474 g/mol. The zero-order valence-corrected chi connectivity index (χ0v) is 19.2. The van der Waals surface area contributed by atoms with E-state index in [2.05, 4.69) is 37.5 Å². The van der Waals surface area contributed by atoms with Gasteiger partial charge in [-0.2, -0.15) is 10.2 Å². The molecule has 2 aromatic heterocycles. The summed E-state index contributed by atoms with van der Waals surface area (Å²) in [6.07, 6.45) is 4.95. The first-order valence-corrected chi connectivity index (χ1v) is 10.7. The van der Waals surface area contributed by atoms with Crippen LogP contribution in [0.3, 0.4) is 0 Å². The third-order valence-corrected chi connectivity index (χ3v) is 5.15. The molecule has 0 saturated carbocycles. The van der Waals surface area contributed by atoms with E-state index in [4.69, 9.17) is 9.47 Å². The Balaban J connectivity index is 1.29. The molecule has 9 heteroatoms. The molecule has 2 aromatic carbocycles. The van der Waals surface area contributed by atoms with Crippen molar-refractivity contribution in [2.75, 3.05) is 5.32 Å². The van der Waals surface area contributed by atoms with Crippen LogP contribution in [0.2, 0.25) is 0 Å². The lowest BCUT2D eigenvalue weighted by Crippen LogP contribution is -2.14. The topological polar surface area (TPSA) is 83.2 Å². The van der Waals surface area contributed by atoms with Crippen LogP contribution in [0.1, 0.15) is 21.6 Å². The van der Waals surface area contributed by atoms with E-state index in [1.54, 1.807) is 34.0 Å². The maximum Gasteiger partial charge on any atom is 0.276 e. The van der Waals surface area contributed by atoms with Crippen LogP contribution in [-0.2, 0) is 13.5 Å². The highest BCUT2D eigenvalue weighted by atomic mass is 79.9. The summed E-state index contributed by atoms with van der Waals surface area (Å²) in [5.41, 5.74) is 3.07. The van der Waals surface area contributed by atoms with Crippen LogP contribution in [0.4, 0.5) is 5.69 Å². The Morgan fingerprint density at radius 3 is 2.59 bits per heavy atom. The lowest BCUT2D eigenvalue weighted by Gasteiger charge is -2.09. The second-order valence-electron chi connectivity index (χ2n) is 7.23. The van der Waals surface area contributed by atoms with Gasteiger partial charge in [-0.05, 0) is 55.8 Å². The first-order chi connectivity index (χ1) is 15.5. The van der Waals surface area contributed by atoms with Gasteiger partial charge in [0.15, 0.2) is 19.2 Å². The summed E-state index contributed by atoms with van der Waals surface area (Å²) in [5, 5.41) is 11.3. The molecule has 0 aliphatic heterocycles. The van der Waals surface area contributed by atoms with Gasteiger partial charge in [0, 0.05) is 10.7 Å². The summed E-state index contributed by atoms with van der Waals surface area (Å²) in [6, 6.07) is 15.1. The Kier molecular flexibility index (Phi) is 6.55. The lowest BCUT2D eigenvalue weighted by molar-refractivity contribution is 0.102. The molecule has 0 unspecified atom stereocenters. The first-order valence-electron chi connectivity index (χ1n) is 9.92. The number of hydrogen-bond acceptors (Lipinski definition) is 5. The van der Waals surface area contributed by atoms with Crippen molar-refractivity contribution in [2.24, 2.45) is 0 Å². The zero-order valence-electron chi connectivity index (χ0n) is 17.7. The minimum absolute atomic E-state index is 0.211. The molecule has 1 N–H and O–H groups in total. The number of anilines is 1. The van der Waals surface area contributed by atoms with Crippen molar-refractivity contribution in [1.82, 2.24) is 19.6 Å². The second-order valence-corrected chi connectivity index (χ2v) is 8.15. The molecule has 0 spiro atoms. The standard InChI is InChI=1S/C23H22BrN5O3/c1-16-3-8-22(17(2)11-16)32-14-28-10-9-21(27-28)23(30)26-19-12-25-29(13-19)15-31-20-6-4-18(24)5-7-20/h3-13H,14-15H2,1-2H3,(H,26,30). The number of benzene rings is 2. The fourth-order valence-electron chi connectivity index (χ4n) is 3.02. The molecule has 0 atom stereocenters. The number of ether oxygens (including phenoxy) is 2. The predicted molar refractivity (Wildman–Crippen MR) is 124 cm³/mol. The molecule has 4 aromatic rings. The van der Waals surface area contributed by atoms with E-state index in [0.717, 1.165) is 21.5 Å². The van der Waals surface area contributed by atoms with E-state index in [0.29, 0.717) is 5.69 Å². The van der Waals surface area contributed by atoms with Gasteiger partial charge in [0.2, 0.25) is 0 Å². The molecule has 8 nitrogen and oxygen atoms in total. The highest BCUT2D eigenvalue weighted by Crippen LogP contribution is 2.19. The molecule has 164 valence electrons. The summed E-state index contributed by atoms with van der Waals surface area (Å²) in [6.45, 7) is 4.47. The van der Waals surface area contributed by atoms with Crippen molar-refractivity contribution < 1.29 is 14.3 Å². The van der Waals surface area contributed by atoms with Gasteiger partial charge in [-0.3, -0.25) is 4.79 Å². The van der Waals surface area contributed by atoms with Gasteiger partial charge >= 0.3 is 0 Å². The van der Waals surface area contributed by atoms with E-state index >= 15 is 0 Å². The number of rotatable bonds is 8. The van der Waals surface area contributed by atoms with Crippen molar-refractivity contribution in [3.63, 3.8) is 0 Å². The van der Waals surface area contributed by atoms with Gasteiger partial charge in [-0.1, -0.05) is 33.6 Å². The fourth-order valence-corrected chi connectivity index (χ4v) is 3.28. The maximum absolute atomic E-state index is 12.5. The number of hydrogen-bond donors (Lipinski definition) is 1. The number of carbonyl (C=O) groups excluding carboxylic acids is 1. The fraction of sp³-hybridized carbons (Fsp3) is 0.174. The molecule has 0 radical (unpaired) electrons. The number of amides is 1. The summed E-state index contributed by atoms with van der Waals surface area (Å²) < 4.78 is 15.6. The Hall–Kier alpha value is -3.59. The van der Waals surface area contributed by atoms with Crippen LogP contribution in [0.15, 0.2) is 71.6 Å². The van der Waals surface area contributed by atoms with Crippen LogP contribution >= 0.6 is 15.9 Å². The number of carbonyl (C=O) groups is 1. The minimum Gasteiger partial charge on any atom is -0.471 e. The van der Waals surface area contributed by atoms with Gasteiger partial charge in [0.25, 0.3) is 5.91 Å². The van der Waals surface area contributed by atoms with Gasteiger partial charge in [0.05, 0.1) is 18.1 Å². The van der Waals surface area contributed by atoms with Crippen molar-refractivity contribution >= 4 is 27.5 Å². The molecular formula is C23H22BrN5O3. The molecule has 1 amide bonds. The van der Waals surface area contributed by atoms with E-state index in [9.17, 15) is 4.79 Å². The largest absolute Gasteiger partial charge is 0.471 e. The van der Waals surface area contributed by atoms with E-state index in [1.807, 2.05) is 50.2 Å². The summed E-state index contributed by atoms with van der Waals surface area (Å²) >= 11 is 3.39. The van der Waals surface area contributed by atoms with Crippen LogP contribution in [0.5, 0.6) is 11.5 Å². The Labute approximate surface area is 193 Å². The highest BCUT2D eigenvalue weighted by molar-refractivity contribution is 9.10. The normalized spacial score (nSPS) is 10.7. The van der Waals surface area contributed by atoms with Crippen LogP contribution in [0.25, 0.3) is 0 Å². The van der Waals surface area contributed by atoms with E-state index < -0.39 is 0 Å². The van der Waals surface area contributed by atoms with Crippen LogP contribution in [0, 0.1) is 13.8 Å². The molecule has 0 saturated heterocycles. The number of nitrogens with zero attached hydrogens (tertiary/aromatic N) is 4. The number of nitrogens with one attached hydrogen (secondary N) is 1. The maximum atomic E-state index is 12.5. The molecule has 32 heavy (non-hydrogen) atoms. The average Bonchev–Trinajstić information content (AvgIpc) is 3.42. The molecule has 0 fully saturated rings. The average molecular weight is 496 g/mol. The van der Waals surface area contributed by atoms with E-state index in [-0.39, 0.29) is 25.1 Å². The third kappa shape index (κ3) is 5.55. The Morgan fingerprint density at radius 1 is 1.03 bits per heavy atom. The SMILES string of the molecule is Cc1ccc(OCn2ccc(C(=O)Nc3cnn(COc4ccc(Br)cc4)c3)n2)c(C)c1. The van der Waals surface area contributed by atoms with Crippen molar-refractivity contribution in [3.05, 3.63) is 88.4 Å². The van der Waals surface area contributed by atoms with Gasteiger partial charge in [0.1, 0.15) is 11.5 Å². The number of aryl methyl sites for hydroxylation is 2. The lowest BCUT2D eigenvalue weighted by atomic mass is 10.1. The summed E-state index contributed by atoms with van der Waals surface area (Å²) in [4.78, 5) is 12.5. The number of aromatic nitrogens is 4. The first kappa shape index (κ1) is 21.6. The Morgan fingerprint density at radius 2 is 1.81 bits per heavy atom. The van der Waals surface area contributed by atoms with Gasteiger partial charge < -0.3 is 14.8 Å². The summed E-state index contributed by atoms with van der Waals surface area (Å²) in [5.74, 6) is 1.18. The van der Waals surface area contributed by atoms with Crippen LogP contribution in [-0.4, -0.2) is 25.5 Å². The summed E-state index contributed by atoms with van der Waals surface area (Å²) in [7, 11) is 0. The van der Waals surface area contributed by atoms with Gasteiger partial charge in [-0.25, -0.2) is 9.36 Å². The molecule has 0 aliphatic carbocycles. The predicted octanol–water partition coefficient (Wildman–Crippen LogP) is 4.78. The van der Waals surface area contributed by atoms with Gasteiger partial charge in [-0.15, -0.1) is 0 Å². The quantitative estimate of drug-likeness (QED) is 0.380. The van der Waals surface area contributed by atoms with Crippen LogP contribution < -0.4 is 14.8 Å². The monoisotopic (exact) mass is 495 g/mol. The van der Waals surface area contributed by atoms with E-state index in [1.165, 1.54) is 5.56 Å². The Bertz CT molecular complexity index is 1220. The molecule has 2 heterocycles. The minimum atomic E-state index is -0.330. The highest BCUT2D eigenvalue weighted by Gasteiger charge is 2.12. The van der Waals surface area contributed by atoms with Crippen molar-refractivity contribution in [2.45, 2.75) is 27.3 Å². The molecule has 4 rings (SSSR count). The molecule has 0 aliphatic rings. The molecule has 0 bridgehead atoms. The smallest absolute Gasteiger partial charge is 0.276 e. The van der Waals surface area contributed by atoms with Crippen molar-refractivity contribution in [3.8, 4) is 11.5 Å². The van der Waals surface area contributed by atoms with Crippen molar-refractivity contribution in [1.29, 1.82) is 0 Å².